The SMILES string of the molecule is COc1ccc(-c2ccc(F)cc2Cc2nc3c(cnn3C3CCC(F)(F)CC3)c(=O)[nH]2)cc1. The summed E-state index contributed by atoms with van der Waals surface area (Å²) < 4.78 is 48.2. The molecule has 34 heavy (non-hydrogen) atoms. The zero-order chi connectivity index (χ0) is 23.9. The van der Waals surface area contributed by atoms with Gasteiger partial charge >= 0.3 is 0 Å². The van der Waals surface area contributed by atoms with Gasteiger partial charge < -0.3 is 9.72 Å². The number of methoxy groups -OCH3 is 1. The van der Waals surface area contributed by atoms with Crippen molar-refractivity contribution >= 4 is 11.0 Å². The summed E-state index contributed by atoms with van der Waals surface area (Å²) in [5.41, 5.74) is 2.31. The second-order valence-electron chi connectivity index (χ2n) is 8.63. The van der Waals surface area contributed by atoms with Crippen LogP contribution in [0.1, 0.15) is 43.1 Å². The van der Waals surface area contributed by atoms with E-state index in [-0.39, 0.29) is 43.7 Å². The topological polar surface area (TPSA) is 72.8 Å². The van der Waals surface area contributed by atoms with E-state index < -0.39 is 11.7 Å². The summed E-state index contributed by atoms with van der Waals surface area (Å²) in [6.07, 6.45) is 1.69. The van der Waals surface area contributed by atoms with Gasteiger partial charge in [0.05, 0.1) is 19.3 Å². The first-order chi connectivity index (χ1) is 16.3. The van der Waals surface area contributed by atoms with Gasteiger partial charge in [-0.2, -0.15) is 5.10 Å². The van der Waals surface area contributed by atoms with Crippen molar-refractivity contribution in [1.82, 2.24) is 19.7 Å². The van der Waals surface area contributed by atoms with Crippen LogP contribution in [0.4, 0.5) is 13.2 Å². The normalized spacial score (nSPS) is 16.1. The van der Waals surface area contributed by atoms with E-state index in [1.165, 1.54) is 18.3 Å². The van der Waals surface area contributed by atoms with E-state index in [1.54, 1.807) is 17.9 Å². The summed E-state index contributed by atoms with van der Waals surface area (Å²) in [6.45, 7) is 0. The van der Waals surface area contributed by atoms with Crippen molar-refractivity contribution in [3.8, 4) is 16.9 Å². The molecule has 5 rings (SSSR count). The van der Waals surface area contributed by atoms with Crippen LogP contribution in [0.2, 0.25) is 0 Å². The quantitative estimate of drug-likeness (QED) is 0.433. The van der Waals surface area contributed by atoms with Gasteiger partial charge in [0.1, 0.15) is 22.8 Å². The number of nitrogens with zero attached hydrogens (tertiary/aromatic N) is 3. The standard InChI is InChI=1S/C25H23F3N4O2/c1-34-19-5-2-15(3-6-19)20-7-4-17(26)12-16(20)13-22-30-23-21(24(33)31-22)14-29-32(23)18-8-10-25(27,28)11-9-18/h2-7,12,14,18H,8-11,13H2,1H3,(H,30,31,33). The molecule has 1 fully saturated rings. The first kappa shape index (κ1) is 22.2. The van der Waals surface area contributed by atoms with E-state index in [1.807, 2.05) is 24.3 Å². The molecule has 0 aliphatic heterocycles. The van der Waals surface area contributed by atoms with Gasteiger partial charge in [0.15, 0.2) is 5.65 Å². The third-order valence-electron chi connectivity index (χ3n) is 6.37. The van der Waals surface area contributed by atoms with Gasteiger partial charge in [0.2, 0.25) is 5.92 Å². The maximum absolute atomic E-state index is 14.1. The van der Waals surface area contributed by atoms with Crippen LogP contribution in [0, 0.1) is 5.82 Å². The first-order valence-electron chi connectivity index (χ1n) is 11.1. The van der Waals surface area contributed by atoms with Crippen LogP contribution >= 0.6 is 0 Å². The van der Waals surface area contributed by atoms with Crippen molar-refractivity contribution in [2.75, 3.05) is 7.11 Å². The van der Waals surface area contributed by atoms with Crippen molar-refractivity contribution in [2.45, 2.75) is 44.1 Å². The summed E-state index contributed by atoms with van der Waals surface area (Å²) in [5.74, 6) is -2.01. The molecular weight excluding hydrogens is 445 g/mol. The largest absolute Gasteiger partial charge is 0.497 e. The number of ether oxygens (including phenoxy) is 1. The maximum atomic E-state index is 14.1. The number of rotatable bonds is 5. The molecule has 6 nitrogen and oxygen atoms in total. The molecule has 1 N–H and O–H groups in total. The van der Waals surface area contributed by atoms with Gasteiger partial charge in [-0.1, -0.05) is 18.2 Å². The molecule has 0 radical (unpaired) electrons. The third-order valence-corrected chi connectivity index (χ3v) is 6.37. The molecule has 1 saturated carbocycles. The van der Waals surface area contributed by atoms with Crippen LogP contribution in [-0.4, -0.2) is 32.8 Å². The Balaban J connectivity index is 1.51. The highest BCUT2D eigenvalue weighted by Crippen LogP contribution is 2.38. The monoisotopic (exact) mass is 468 g/mol. The number of hydrogen-bond acceptors (Lipinski definition) is 4. The molecule has 9 heteroatoms. The fourth-order valence-electron chi connectivity index (χ4n) is 4.54. The van der Waals surface area contributed by atoms with E-state index in [9.17, 15) is 18.0 Å². The minimum Gasteiger partial charge on any atom is -0.497 e. The Morgan fingerprint density at radius 2 is 1.88 bits per heavy atom. The fourth-order valence-corrected chi connectivity index (χ4v) is 4.54. The lowest BCUT2D eigenvalue weighted by atomic mass is 9.92. The Bertz CT molecular complexity index is 1390. The van der Waals surface area contributed by atoms with E-state index in [4.69, 9.17) is 4.74 Å². The number of H-pyrrole nitrogens is 1. The lowest BCUT2D eigenvalue weighted by Crippen LogP contribution is -2.27. The van der Waals surface area contributed by atoms with Gasteiger partial charge in [-0.25, -0.2) is 22.8 Å². The summed E-state index contributed by atoms with van der Waals surface area (Å²) >= 11 is 0. The number of aromatic nitrogens is 4. The molecule has 176 valence electrons. The number of alkyl halides is 2. The Labute approximate surface area is 193 Å². The predicted molar refractivity (Wildman–Crippen MR) is 122 cm³/mol. The fraction of sp³-hybridized carbons (Fsp3) is 0.320. The predicted octanol–water partition coefficient (Wildman–Crippen LogP) is 5.28. The summed E-state index contributed by atoms with van der Waals surface area (Å²) in [6, 6.07) is 11.6. The molecule has 1 aliphatic carbocycles. The van der Waals surface area contributed by atoms with Crippen molar-refractivity contribution in [1.29, 1.82) is 0 Å². The highest BCUT2D eigenvalue weighted by Gasteiger charge is 2.36. The molecule has 2 heterocycles. The van der Waals surface area contributed by atoms with Gasteiger partial charge in [-0.05, 0) is 53.8 Å². The summed E-state index contributed by atoms with van der Waals surface area (Å²) in [7, 11) is 1.58. The van der Waals surface area contributed by atoms with Crippen LogP contribution in [0.5, 0.6) is 5.75 Å². The molecule has 0 unspecified atom stereocenters. The molecule has 1 aliphatic rings. The Kier molecular flexibility index (Phi) is 5.63. The van der Waals surface area contributed by atoms with E-state index >= 15 is 0 Å². The number of nitrogens with one attached hydrogen (secondary N) is 1. The number of hydrogen-bond donors (Lipinski definition) is 1. The Hall–Kier alpha value is -3.62. The van der Waals surface area contributed by atoms with Crippen molar-refractivity contribution < 1.29 is 17.9 Å². The van der Waals surface area contributed by atoms with Gasteiger partial charge in [-0.15, -0.1) is 0 Å². The highest BCUT2D eigenvalue weighted by molar-refractivity contribution is 5.73. The maximum Gasteiger partial charge on any atom is 0.262 e. The summed E-state index contributed by atoms with van der Waals surface area (Å²) in [5, 5.41) is 4.59. The number of aromatic amines is 1. The molecule has 0 spiro atoms. The molecule has 4 aromatic rings. The second kappa shape index (κ2) is 8.62. The second-order valence-corrected chi connectivity index (χ2v) is 8.63. The Morgan fingerprint density at radius 1 is 1.15 bits per heavy atom. The van der Waals surface area contributed by atoms with E-state index in [2.05, 4.69) is 15.1 Å². The zero-order valence-corrected chi connectivity index (χ0v) is 18.5. The first-order valence-corrected chi connectivity index (χ1v) is 11.1. The molecule has 0 amide bonds. The molecule has 0 bridgehead atoms. The molecule has 0 saturated heterocycles. The number of fused-ring (bicyclic) bond motifs is 1. The lowest BCUT2D eigenvalue weighted by molar-refractivity contribution is -0.0446. The van der Waals surface area contributed by atoms with Crippen LogP contribution in [0.3, 0.4) is 0 Å². The lowest BCUT2D eigenvalue weighted by Gasteiger charge is -2.28. The minimum atomic E-state index is -2.66. The van der Waals surface area contributed by atoms with Crippen LogP contribution in [0.25, 0.3) is 22.2 Å². The molecule has 2 aromatic heterocycles. The van der Waals surface area contributed by atoms with Crippen molar-refractivity contribution in [3.63, 3.8) is 0 Å². The van der Waals surface area contributed by atoms with Gasteiger partial charge in [0.25, 0.3) is 5.56 Å². The van der Waals surface area contributed by atoms with Crippen LogP contribution in [-0.2, 0) is 6.42 Å². The van der Waals surface area contributed by atoms with Crippen LogP contribution < -0.4 is 10.3 Å². The highest BCUT2D eigenvalue weighted by atomic mass is 19.3. The molecular formula is C25H23F3N4O2. The average molecular weight is 468 g/mol. The van der Waals surface area contributed by atoms with Crippen molar-refractivity contribution in [2.24, 2.45) is 0 Å². The van der Waals surface area contributed by atoms with Crippen molar-refractivity contribution in [3.05, 3.63) is 76.2 Å². The zero-order valence-electron chi connectivity index (χ0n) is 18.5. The Morgan fingerprint density at radius 3 is 2.59 bits per heavy atom. The van der Waals surface area contributed by atoms with Gasteiger partial charge in [-0.3, -0.25) is 4.79 Å². The smallest absolute Gasteiger partial charge is 0.262 e. The molecule has 2 aromatic carbocycles. The summed E-state index contributed by atoms with van der Waals surface area (Å²) in [4.78, 5) is 20.1. The molecule has 0 atom stereocenters. The van der Waals surface area contributed by atoms with E-state index in [0.29, 0.717) is 28.2 Å². The third kappa shape index (κ3) is 4.30. The minimum absolute atomic E-state index is 0.179. The number of halogens is 3. The van der Waals surface area contributed by atoms with Gasteiger partial charge in [0, 0.05) is 19.3 Å². The van der Waals surface area contributed by atoms with Crippen LogP contribution in [0.15, 0.2) is 53.5 Å². The average Bonchev–Trinajstić information content (AvgIpc) is 3.24. The number of benzene rings is 2. The van der Waals surface area contributed by atoms with E-state index in [0.717, 1.165) is 11.1 Å².